The Morgan fingerprint density at radius 3 is 2.81 bits per heavy atom. The van der Waals surface area contributed by atoms with Gasteiger partial charge < -0.3 is 0 Å². The summed E-state index contributed by atoms with van der Waals surface area (Å²) in [6, 6.07) is 9.13. The second-order valence-corrected chi connectivity index (χ2v) is 3.16. The molecule has 0 aliphatic heterocycles. The molecule has 0 bridgehead atoms. The van der Waals surface area contributed by atoms with Crippen LogP contribution in [0, 0.1) is 0 Å². The van der Waals surface area contributed by atoms with E-state index >= 15 is 0 Å². The first-order valence-corrected chi connectivity index (χ1v) is 4.59. The lowest BCUT2D eigenvalue weighted by Crippen LogP contribution is -2.15. The van der Waals surface area contributed by atoms with E-state index in [1.807, 2.05) is 18.2 Å². The Labute approximate surface area is 88.7 Å². The number of H-pyrrole nitrogens is 1. The molecule has 0 fully saturated rings. The van der Waals surface area contributed by atoms with Crippen molar-refractivity contribution >= 4 is 5.78 Å². The zero-order chi connectivity index (χ0) is 11.0. The van der Waals surface area contributed by atoms with E-state index in [2.05, 4.69) is 25.6 Å². The van der Waals surface area contributed by atoms with Gasteiger partial charge in [-0.1, -0.05) is 40.1 Å². The van der Waals surface area contributed by atoms with Crippen molar-refractivity contribution in [1.29, 1.82) is 0 Å². The first-order valence-electron chi connectivity index (χ1n) is 4.59. The average Bonchev–Trinajstić information content (AvgIpc) is 2.76. The lowest BCUT2D eigenvalue weighted by Gasteiger charge is -1.97. The van der Waals surface area contributed by atoms with Gasteiger partial charge in [0, 0.05) is 5.56 Å². The van der Waals surface area contributed by atoms with Crippen molar-refractivity contribution < 1.29 is 0 Å². The molecule has 16 heavy (non-hydrogen) atoms. The SMILES string of the molecule is O=c1[nH]c2nn[15n]n2nc1-c1ccccc1. The van der Waals surface area contributed by atoms with Crippen molar-refractivity contribution in [3.8, 4) is 11.3 Å². The predicted octanol–water partition coefficient (Wildman–Crippen LogP) is -0.125. The standard InChI is InChI=1S/C9H6N6O/c16-8-7(6-4-2-1-3-5-6)12-15-9(10-8)11-13-14-15/h1-5H,(H,10,11,14,16)/i14+1. The zero-order valence-corrected chi connectivity index (χ0v) is 8.03. The van der Waals surface area contributed by atoms with E-state index in [-0.39, 0.29) is 11.3 Å². The molecule has 0 unspecified atom stereocenters. The number of benzene rings is 1. The summed E-state index contributed by atoms with van der Waals surface area (Å²) < 4.78 is 1.18. The highest BCUT2D eigenvalue weighted by Crippen LogP contribution is 2.10. The van der Waals surface area contributed by atoms with Crippen LogP contribution >= 0.6 is 0 Å². The third kappa shape index (κ3) is 1.26. The van der Waals surface area contributed by atoms with Gasteiger partial charge in [0.25, 0.3) is 11.3 Å². The quantitative estimate of drug-likeness (QED) is 0.611. The number of tetrazole rings is 1. The summed E-state index contributed by atoms with van der Waals surface area (Å²) in [5.74, 6) is 0.227. The van der Waals surface area contributed by atoms with Gasteiger partial charge in [0.15, 0.2) is 5.69 Å². The highest BCUT2D eigenvalue weighted by molar-refractivity contribution is 5.57. The minimum absolute atomic E-state index is 0.227. The Hall–Kier alpha value is -2.57. The molecule has 3 rings (SSSR count). The van der Waals surface area contributed by atoms with Gasteiger partial charge in [-0.05, 0) is 10.4 Å². The lowest BCUT2D eigenvalue weighted by atomic mass is 10.2. The maximum absolute atomic E-state index is 11.7. The number of nitrogens with one attached hydrogen (secondary N) is 1. The summed E-state index contributed by atoms with van der Waals surface area (Å²) >= 11 is 0. The van der Waals surface area contributed by atoms with Gasteiger partial charge in [0.1, 0.15) is 0 Å². The maximum atomic E-state index is 11.7. The van der Waals surface area contributed by atoms with E-state index < -0.39 is 0 Å². The Morgan fingerprint density at radius 1 is 1.19 bits per heavy atom. The van der Waals surface area contributed by atoms with Gasteiger partial charge >= 0.3 is 0 Å². The summed E-state index contributed by atoms with van der Waals surface area (Å²) in [6.45, 7) is 0. The number of hydrogen-bond donors (Lipinski definition) is 1. The van der Waals surface area contributed by atoms with E-state index in [0.717, 1.165) is 5.56 Å². The molecule has 2 heterocycles. The van der Waals surface area contributed by atoms with Crippen LogP contribution in [0.5, 0.6) is 0 Å². The molecule has 1 aromatic carbocycles. The topological polar surface area (TPSA) is 88.8 Å². The molecule has 3 aromatic rings. The number of aromatic nitrogens is 6. The third-order valence-electron chi connectivity index (χ3n) is 2.14. The molecule has 0 saturated heterocycles. The minimum Gasteiger partial charge on any atom is -0.286 e. The van der Waals surface area contributed by atoms with Crippen LogP contribution in [-0.4, -0.2) is 30.2 Å². The molecule has 7 heteroatoms. The number of fused-ring (bicyclic) bond motifs is 1. The fourth-order valence-electron chi connectivity index (χ4n) is 1.41. The van der Waals surface area contributed by atoms with Crippen LogP contribution in [0.3, 0.4) is 0 Å². The van der Waals surface area contributed by atoms with Crippen LogP contribution in [0.2, 0.25) is 0 Å². The van der Waals surface area contributed by atoms with Gasteiger partial charge in [0.2, 0.25) is 0 Å². The largest absolute Gasteiger partial charge is 0.286 e. The highest BCUT2D eigenvalue weighted by atomic mass is 16.1. The molecule has 1 N–H and O–H groups in total. The van der Waals surface area contributed by atoms with Crippen LogP contribution in [0.25, 0.3) is 17.0 Å². The summed E-state index contributed by atoms with van der Waals surface area (Å²) in [6.07, 6.45) is 0. The molecule has 0 spiro atoms. The Bertz CT molecular complexity index is 686. The normalized spacial score (nSPS) is 10.8. The predicted molar refractivity (Wildman–Crippen MR) is 54.6 cm³/mol. The second kappa shape index (κ2) is 3.23. The summed E-state index contributed by atoms with van der Waals surface area (Å²) in [4.78, 5) is 14.3. The number of rotatable bonds is 1. The van der Waals surface area contributed by atoms with E-state index in [1.54, 1.807) is 12.1 Å². The molecule has 0 radical (unpaired) electrons. The van der Waals surface area contributed by atoms with Crippen molar-refractivity contribution in [2.75, 3.05) is 0 Å². The van der Waals surface area contributed by atoms with E-state index in [4.69, 9.17) is 0 Å². The van der Waals surface area contributed by atoms with Gasteiger partial charge in [-0.25, -0.2) is 0 Å². The van der Waals surface area contributed by atoms with Crippen LogP contribution in [-0.2, 0) is 0 Å². The van der Waals surface area contributed by atoms with Crippen molar-refractivity contribution in [3.05, 3.63) is 40.7 Å². The molecular formula is C9H6N6O. The summed E-state index contributed by atoms with van der Waals surface area (Å²) in [5.41, 5.74) is 0.704. The highest BCUT2D eigenvalue weighted by Gasteiger charge is 2.08. The molecular weight excluding hydrogens is 209 g/mol. The number of aromatic amines is 1. The van der Waals surface area contributed by atoms with Crippen LogP contribution < -0.4 is 5.56 Å². The van der Waals surface area contributed by atoms with Gasteiger partial charge in [-0.3, -0.25) is 9.78 Å². The molecule has 0 aliphatic rings. The van der Waals surface area contributed by atoms with Gasteiger partial charge in [0.05, 0.1) is 0 Å². The van der Waals surface area contributed by atoms with E-state index in [1.165, 1.54) is 4.63 Å². The first kappa shape index (κ1) is 8.72. The lowest BCUT2D eigenvalue weighted by molar-refractivity contribution is 0.725. The summed E-state index contributed by atoms with van der Waals surface area (Å²) in [5, 5.41) is 14.7. The maximum Gasteiger partial charge on any atom is 0.279 e. The molecule has 7 nitrogen and oxygen atoms in total. The summed E-state index contributed by atoms with van der Waals surface area (Å²) in [7, 11) is 0. The minimum atomic E-state index is -0.312. The van der Waals surface area contributed by atoms with E-state index in [0.29, 0.717) is 5.69 Å². The van der Waals surface area contributed by atoms with Crippen molar-refractivity contribution in [3.63, 3.8) is 0 Å². The van der Waals surface area contributed by atoms with Crippen molar-refractivity contribution in [2.24, 2.45) is 0 Å². The van der Waals surface area contributed by atoms with Gasteiger partial charge in [-0.15, -0.1) is 5.10 Å². The van der Waals surface area contributed by atoms with Gasteiger partial charge in [-0.2, -0.15) is 0 Å². The zero-order valence-electron chi connectivity index (χ0n) is 8.03. The van der Waals surface area contributed by atoms with Crippen LogP contribution in [0.4, 0.5) is 0 Å². The fourth-order valence-corrected chi connectivity index (χ4v) is 1.41. The average molecular weight is 215 g/mol. The van der Waals surface area contributed by atoms with Crippen LogP contribution in [0.15, 0.2) is 35.1 Å². The number of hydrogen-bond acceptors (Lipinski definition) is 5. The Morgan fingerprint density at radius 2 is 2.00 bits per heavy atom. The Balaban J connectivity index is 2.31. The third-order valence-corrected chi connectivity index (χ3v) is 2.14. The molecule has 0 saturated carbocycles. The first-order chi connectivity index (χ1) is 7.84. The second-order valence-electron chi connectivity index (χ2n) is 3.16. The molecule has 2 aromatic heterocycles. The molecule has 0 aliphatic carbocycles. The van der Waals surface area contributed by atoms with Crippen molar-refractivity contribution in [2.45, 2.75) is 0 Å². The monoisotopic (exact) mass is 215 g/mol. The smallest absolute Gasteiger partial charge is 0.279 e. The number of nitrogens with zero attached hydrogens (tertiary/aromatic N) is 5. The van der Waals surface area contributed by atoms with Crippen molar-refractivity contribution in [1.82, 2.24) is 30.2 Å². The molecule has 0 atom stereocenters. The Kier molecular flexibility index (Phi) is 1.76. The fraction of sp³-hybridized carbons (Fsp3) is 0. The molecule has 0 amide bonds. The molecule has 78 valence electrons. The van der Waals surface area contributed by atoms with E-state index in [9.17, 15) is 4.79 Å². The van der Waals surface area contributed by atoms with Crippen LogP contribution in [0.1, 0.15) is 0 Å².